The van der Waals surface area contributed by atoms with Gasteiger partial charge in [-0.2, -0.15) is 13.2 Å². The summed E-state index contributed by atoms with van der Waals surface area (Å²) < 4.78 is 47.1. The molecule has 0 saturated heterocycles. The number of alkyl halides is 3. The smallest absolute Gasteiger partial charge is 0.389 e. The first-order valence-corrected chi connectivity index (χ1v) is 11.8. The number of ether oxygens (including phenoxy) is 2. The summed E-state index contributed by atoms with van der Waals surface area (Å²) in [7, 11) is -0.308. The summed E-state index contributed by atoms with van der Waals surface area (Å²) in [6, 6.07) is 24.6. The minimum Gasteiger partial charge on any atom is -0.481 e. The molecule has 3 aromatic rings. The molecule has 3 nitrogen and oxygen atoms in total. The molecule has 0 heterocycles. The maximum atomic E-state index is 12.2. The van der Waals surface area contributed by atoms with E-state index in [1.807, 2.05) is 50.2 Å². The summed E-state index contributed by atoms with van der Waals surface area (Å²) in [5.74, 6) is -0.107. The molecular weight excluding hydrogens is 449 g/mol. The van der Waals surface area contributed by atoms with Crippen molar-refractivity contribution in [3.8, 4) is 5.75 Å². The van der Waals surface area contributed by atoms with E-state index in [0.29, 0.717) is 5.75 Å². The van der Waals surface area contributed by atoms with Crippen LogP contribution in [0, 0.1) is 13.8 Å². The maximum Gasteiger partial charge on any atom is 0.389 e. The molecule has 0 radical (unpaired) electrons. The minimum absolute atomic E-state index is 0.261. The van der Waals surface area contributed by atoms with Crippen molar-refractivity contribution in [2.24, 2.45) is 0 Å². The normalized spacial score (nSPS) is 11.5. The van der Waals surface area contributed by atoms with Gasteiger partial charge in [-0.3, -0.25) is 0 Å². The molecule has 0 bridgehead atoms. The highest BCUT2D eigenvalue weighted by Crippen LogP contribution is 2.35. The van der Waals surface area contributed by atoms with E-state index in [9.17, 15) is 18.0 Å². The van der Waals surface area contributed by atoms with Crippen LogP contribution in [0.3, 0.4) is 0 Å². The summed E-state index contributed by atoms with van der Waals surface area (Å²) in [5, 5.41) is 0. The number of hydrogen-bond donors (Lipinski definition) is 0. The van der Waals surface area contributed by atoms with Gasteiger partial charge in [-0.1, -0.05) is 36.4 Å². The second-order valence-corrected chi connectivity index (χ2v) is 9.57. The Labute approximate surface area is 194 Å². The van der Waals surface area contributed by atoms with Gasteiger partial charge in [0.1, 0.15) is 5.75 Å². The van der Waals surface area contributed by atoms with Crippen molar-refractivity contribution in [3.63, 3.8) is 0 Å². The zero-order valence-corrected chi connectivity index (χ0v) is 19.3. The molecule has 7 heteroatoms. The first-order chi connectivity index (χ1) is 15.7. The number of hydrogen-bond acceptors (Lipinski definition) is 3. The Morgan fingerprint density at radius 3 is 1.85 bits per heavy atom. The molecule has 0 N–H and O–H groups in total. The number of carbonyl (C=O) groups is 1. The topological polar surface area (TPSA) is 35.5 Å². The molecule has 0 aliphatic heterocycles. The summed E-state index contributed by atoms with van der Waals surface area (Å²) in [6.45, 7) is 3.20. The Hall–Kier alpha value is -2.93. The van der Waals surface area contributed by atoms with Crippen LogP contribution in [0.1, 0.15) is 24.0 Å². The van der Waals surface area contributed by atoms with E-state index < -0.39 is 18.6 Å². The monoisotopic (exact) mass is 475 g/mol. The quantitative estimate of drug-likeness (QED) is 0.197. The van der Waals surface area contributed by atoms with Gasteiger partial charge in [0, 0.05) is 18.6 Å². The summed E-state index contributed by atoms with van der Waals surface area (Å²) in [4.78, 5) is 15.4. The first-order valence-electron chi connectivity index (χ1n) is 10.6. The molecule has 0 saturated carbocycles. The van der Waals surface area contributed by atoms with Gasteiger partial charge in [0.25, 0.3) is 0 Å². The van der Waals surface area contributed by atoms with Crippen molar-refractivity contribution in [1.82, 2.24) is 0 Å². The molecule has 0 aromatic heterocycles. The van der Waals surface area contributed by atoms with E-state index in [2.05, 4.69) is 36.4 Å². The molecule has 0 amide bonds. The van der Waals surface area contributed by atoms with E-state index in [0.717, 1.165) is 16.0 Å². The number of rotatable bonds is 9. The fraction of sp³-hybridized carbons (Fsp3) is 0.269. The summed E-state index contributed by atoms with van der Waals surface area (Å²) >= 11 is 0. The molecule has 0 aliphatic rings. The lowest BCUT2D eigenvalue weighted by molar-refractivity contribution is -0.151. The van der Waals surface area contributed by atoms with Crippen LogP contribution in [0.5, 0.6) is 5.75 Å². The Balaban J connectivity index is 1.73. The molecule has 174 valence electrons. The van der Waals surface area contributed by atoms with Crippen LogP contribution in [0.25, 0.3) is 0 Å². The first kappa shape index (κ1) is 24.7. The van der Waals surface area contributed by atoms with Crippen LogP contribution >= 0.6 is 0 Å². The molecule has 3 aromatic carbocycles. The summed E-state index contributed by atoms with van der Waals surface area (Å²) in [5.41, 5.74) is 1.75. The van der Waals surface area contributed by atoms with E-state index >= 15 is 0 Å². The van der Waals surface area contributed by atoms with E-state index in [1.54, 1.807) is 0 Å². The molecule has 3 rings (SSSR count). The average molecular weight is 476 g/mol. The van der Waals surface area contributed by atoms with Gasteiger partial charge in [-0.05, 0) is 55.7 Å². The molecule has 0 aliphatic carbocycles. The van der Waals surface area contributed by atoms with Crippen LogP contribution in [-0.2, 0) is 20.4 Å². The molecule has 0 unspecified atom stereocenters. The number of carbonyl (C=O) groups excluding carboxylic acids is 1. The molecule has 0 fully saturated rings. The van der Waals surface area contributed by atoms with Crippen molar-refractivity contribution in [2.45, 2.75) is 47.6 Å². The van der Waals surface area contributed by atoms with Crippen molar-refractivity contribution < 1.29 is 27.4 Å². The molecule has 0 atom stereocenters. The lowest BCUT2D eigenvalue weighted by atomic mass is 10.1. The molecule has 0 spiro atoms. The third kappa shape index (κ3) is 7.29. The highest BCUT2D eigenvalue weighted by molar-refractivity contribution is 7.97. The number of benzene rings is 3. The summed E-state index contributed by atoms with van der Waals surface area (Å²) in [6.07, 6.45) is -5.49. The van der Waals surface area contributed by atoms with Gasteiger partial charge in [0.15, 0.2) is 21.3 Å². The van der Waals surface area contributed by atoms with E-state index in [1.165, 1.54) is 9.79 Å². The largest absolute Gasteiger partial charge is 0.481 e. The van der Waals surface area contributed by atoms with Crippen molar-refractivity contribution in [3.05, 3.63) is 83.9 Å². The van der Waals surface area contributed by atoms with Crippen LogP contribution in [0.2, 0.25) is 0 Å². The Morgan fingerprint density at radius 1 is 0.848 bits per heavy atom. The number of halogens is 3. The SMILES string of the molecule is Cc1cc([S+](c2ccccc2)c2ccccc2)cc(C)c1OCC(=O)OCCCC(F)(F)F. The van der Waals surface area contributed by atoms with Crippen molar-refractivity contribution in [1.29, 1.82) is 0 Å². The number of aryl methyl sites for hydroxylation is 2. The van der Waals surface area contributed by atoms with Gasteiger partial charge >= 0.3 is 12.1 Å². The predicted molar refractivity (Wildman–Crippen MR) is 123 cm³/mol. The highest BCUT2D eigenvalue weighted by Gasteiger charge is 2.30. The second kappa shape index (κ2) is 11.3. The van der Waals surface area contributed by atoms with Crippen molar-refractivity contribution >= 4 is 16.9 Å². The lowest BCUT2D eigenvalue weighted by Crippen LogP contribution is -2.17. The second-order valence-electron chi connectivity index (χ2n) is 7.55. The van der Waals surface area contributed by atoms with Gasteiger partial charge < -0.3 is 9.47 Å². The van der Waals surface area contributed by atoms with Gasteiger partial charge in [0.2, 0.25) is 0 Å². The van der Waals surface area contributed by atoms with Crippen LogP contribution in [-0.4, -0.2) is 25.4 Å². The van der Waals surface area contributed by atoms with E-state index in [-0.39, 0.29) is 30.5 Å². The maximum absolute atomic E-state index is 12.2. The van der Waals surface area contributed by atoms with Gasteiger partial charge in [-0.15, -0.1) is 0 Å². The minimum atomic E-state index is -4.25. The molecule has 33 heavy (non-hydrogen) atoms. The standard InChI is InChI=1S/C26H26F3O3S/c1-19-16-23(33(21-10-5-3-6-11-21)22-12-7-4-8-13-22)17-20(2)25(19)32-18-24(30)31-15-9-14-26(27,28)29/h3-8,10-13,16-17H,9,14-15,18H2,1-2H3/q+1. The van der Waals surface area contributed by atoms with Crippen LogP contribution < -0.4 is 4.74 Å². The zero-order valence-electron chi connectivity index (χ0n) is 18.5. The van der Waals surface area contributed by atoms with Gasteiger partial charge in [-0.25, -0.2) is 4.79 Å². The zero-order chi connectivity index (χ0) is 23.8. The highest BCUT2D eigenvalue weighted by atomic mass is 32.2. The van der Waals surface area contributed by atoms with E-state index in [4.69, 9.17) is 9.47 Å². The third-order valence-electron chi connectivity index (χ3n) is 4.83. The lowest BCUT2D eigenvalue weighted by Gasteiger charge is -2.14. The average Bonchev–Trinajstić information content (AvgIpc) is 2.77. The third-order valence-corrected chi connectivity index (χ3v) is 7.02. The number of esters is 1. The predicted octanol–water partition coefficient (Wildman–Crippen LogP) is 6.66. The Bertz CT molecular complexity index is 991. The fourth-order valence-corrected chi connectivity index (χ4v) is 5.67. The van der Waals surface area contributed by atoms with Crippen LogP contribution in [0.15, 0.2) is 87.5 Å². The molecular formula is C26H26F3O3S+. The van der Waals surface area contributed by atoms with Crippen LogP contribution in [0.4, 0.5) is 13.2 Å². The Kier molecular flexibility index (Phi) is 8.44. The van der Waals surface area contributed by atoms with Crippen molar-refractivity contribution in [2.75, 3.05) is 13.2 Å². The fourth-order valence-electron chi connectivity index (χ4n) is 3.41. The Morgan fingerprint density at radius 2 is 1.36 bits per heavy atom. The van der Waals surface area contributed by atoms with Gasteiger partial charge in [0.05, 0.1) is 17.5 Å².